The van der Waals surface area contributed by atoms with Gasteiger partial charge in [0.25, 0.3) is 5.69 Å². The third-order valence-corrected chi connectivity index (χ3v) is 3.76. The van der Waals surface area contributed by atoms with Crippen molar-refractivity contribution in [1.29, 1.82) is 0 Å². The number of benzene rings is 2. The number of nitro benzene ring substituents is 1. The number of non-ortho nitro benzene ring substituents is 1. The van der Waals surface area contributed by atoms with E-state index in [-0.39, 0.29) is 11.7 Å². The summed E-state index contributed by atoms with van der Waals surface area (Å²) >= 11 is 3.32. The summed E-state index contributed by atoms with van der Waals surface area (Å²) in [5, 5.41) is 10.8. The largest absolute Gasteiger partial charge is 0.456 e. The molecule has 2 rings (SSSR count). The molecule has 0 aliphatic rings. The molecule has 0 amide bonds. The fraction of sp³-hybridized carbons (Fsp3) is 0.200. The average Bonchev–Trinajstić information content (AvgIpc) is 2.49. The molecule has 0 fully saturated rings. The minimum atomic E-state index is -0.456. The molecule has 0 heterocycles. The lowest BCUT2D eigenvalue weighted by Crippen LogP contribution is -2.08. The number of halogens is 1. The molecule has 0 spiro atoms. The summed E-state index contributed by atoms with van der Waals surface area (Å²) in [6.45, 7) is 2.02. The van der Waals surface area contributed by atoms with E-state index in [1.54, 1.807) is 18.2 Å². The lowest BCUT2D eigenvalue weighted by molar-refractivity contribution is -0.384. The van der Waals surface area contributed by atoms with Crippen LogP contribution >= 0.6 is 15.9 Å². The van der Waals surface area contributed by atoms with Gasteiger partial charge in [-0.2, -0.15) is 0 Å². The molecule has 0 aliphatic heterocycles. The SMILES string of the molecule is CC[C@H](N)c1ccc(Oc2cc([N+](=O)[O-])ccc2Br)cc1. The van der Waals surface area contributed by atoms with Crippen molar-refractivity contribution in [1.82, 2.24) is 0 Å². The third kappa shape index (κ3) is 3.80. The van der Waals surface area contributed by atoms with Gasteiger partial charge in [-0.1, -0.05) is 19.1 Å². The summed E-state index contributed by atoms with van der Waals surface area (Å²) in [4.78, 5) is 10.3. The summed E-state index contributed by atoms with van der Waals surface area (Å²) in [5.41, 5.74) is 6.97. The fourth-order valence-corrected chi connectivity index (χ4v) is 2.16. The summed E-state index contributed by atoms with van der Waals surface area (Å²) in [7, 11) is 0. The van der Waals surface area contributed by atoms with Crippen LogP contribution in [-0.4, -0.2) is 4.92 Å². The van der Waals surface area contributed by atoms with Gasteiger partial charge in [-0.25, -0.2) is 0 Å². The smallest absolute Gasteiger partial charge is 0.273 e. The van der Waals surface area contributed by atoms with Gasteiger partial charge >= 0.3 is 0 Å². The predicted molar refractivity (Wildman–Crippen MR) is 84.5 cm³/mol. The van der Waals surface area contributed by atoms with Crippen molar-refractivity contribution in [3.05, 3.63) is 62.6 Å². The Morgan fingerprint density at radius 1 is 1.29 bits per heavy atom. The number of hydrogen-bond acceptors (Lipinski definition) is 4. The molecular weight excluding hydrogens is 336 g/mol. The Bertz CT molecular complexity index is 644. The monoisotopic (exact) mass is 350 g/mol. The number of hydrogen-bond donors (Lipinski definition) is 1. The molecule has 2 aromatic rings. The van der Waals surface area contributed by atoms with Crippen LogP contribution in [0.5, 0.6) is 11.5 Å². The van der Waals surface area contributed by atoms with Crippen LogP contribution in [-0.2, 0) is 0 Å². The van der Waals surface area contributed by atoms with Crippen molar-refractivity contribution in [3.63, 3.8) is 0 Å². The maximum atomic E-state index is 10.8. The average molecular weight is 351 g/mol. The maximum Gasteiger partial charge on any atom is 0.273 e. The maximum absolute atomic E-state index is 10.8. The highest BCUT2D eigenvalue weighted by molar-refractivity contribution is 9.10. The van der Waals surface area contributed by atoms with Gasteiger partial charge in [-0.05, 0) is 46.1 Å². The van der Waals surface area contributed by atoms with Crippen LogP contribution < -0.4 is 10.5 Å². The van der Waals surface area contributed by atoms with Crippen LogP contribution in [0.1, 0.15) is 24.9 Å². The summed E-state index contributed by atoms with van der Waals surface area (Å²) in [6, 6.07) is 11.8. The van der Waals surface area contributed by atoms with E-state index < -0.39 is 4.92 Å². The Kier molecular flexibility index (Phi) is 4.93. The standard InChI is InChI=1S/C15H15BrN2O3/c1-2-14(17)10-3-6-12(7-4-10)21-15-9-11(18(19)20)5-8-13(15)16/h3-9,14H,2,17H2,1H3/t14-/m0/s1. The van der Waals surface area contributed by atoms with Crippen LogP contribution in [0.4, 0.5) is 5.69 Å². The van der Waals surface area contributed by atoms with E-state index in [0.29, 0.717) is 16.0 Å². The number of nitrogens with two attached hydrogens (primary N) is 1. The van der Waals surface area contributed by atoms with E-state index in [1.165, 1.54) is 12.1 Å². The van der Waals surface area contributed by atoms with Crippen LogP contribution in [0.25, 0.3) is 0 Å². The van der Waals surface area contributed by atoms with Crippen molar-refractivity contribution in [3.8, 4) is 11.5 Å². The molecule has 2 aromatic carbocycles. The molecular formula is C15H15BrN2O3. The first-order valence-corrected chi connectivity index (χ1v) is 7.28. The Hall–Kier alpha value is -1.92. The van der Waals surface area contributed by atoms with Crippen LogP contribution in [0.2, 0.25) is 0 Å². The van der Waals surface area contributed by atoms with Gasteiger partial charge in [0.15, 0.2) is 0 Å². The van der Waals surface area contributed by atoms with Crippen molar-refractivity contribution in [2.75, 3.05) is 0 Å². The van der Waals surface area contributed by atoms with E-state index >= 15 is 0 Å². The van der Waals surface area contributed by atoms with E-state index in [4.69, 9.17) is 10.5 Å². The molecule has 0 saturated carbocycles. The lowest BCUT2D eigenvalue weighted by Gasteiger charge is -2.11. The normalized spacial score (nSPS) is 12.0. The van der Waals surface area contributed by atoms with Crippen LogP contribution in [0, 0.1) is 10.1 Å². The van der Waals surface area contributed by atoms with Crippen molar-refractivity contribution < 1.29 is 9.66 Å². The molecule has 0 unspecified atom stereocenters. The second kappa shape index (κ2) is 6.69. The van der Waals surface area contributed by atoms with Crippen molar-refractivity contribution >= 4 is 21.6 Å². The van der Waals surface area contributed by atoms with Gasteiger partial charge in [0.05, 0.1) is 15.5 Å². The first-order valence-electron chi connectivity index (χ1n) is 6.48. The third-order valence-electron chi connectivity index (χ3n) is 3.10. The number of ether oxygens (including phenoxy) is 1. The lowest BCUT2D eigenvalue weighted by atomic mass is 10.1. The molecule has 0 radical (unpaired) electrons. The number of nitro groups is 1. The minimum absolute atomic E-state index is 0.00333. The second-order valence-electron chi connectivity index (χ2n) is 4.56. The molecule has 110 valence electrons. The summed E-state index contributed by atoms with van der Waals surface area (Å²) in [6.07, 6.45) is 0.858. The van der Waals surface area contributed by atoms with Gasteiger partial charge in [0, 0.05) is 12.1 Å². The predicted octanol–water partition coefficient (Wildman–Crippen LogP) is 4.56. The summed E-state index contributed by atoms with van der Waals surface area (Å²) < 4.78 is 6.33. The van der Waals surface area contributed by atoms with E-state index in [9.17, 15) is 10.1 Å². The molecule has 5 nitrogen and oxygen atoms in total. The molecule has 1 atom stereocenters. The first kappa shape index (κ1) is 15.5. The van der Waals surface area contributed by atoms with E-state index in [0.717, 1.165) is 12.0 Å². The topological polar surface area (TPSA) is 78.4 Å². The molecule has 6 heteroatoms. The highest BCUT2D eigenvalue weighted by atomic mass is 79.9. The van der Waals surface area contributed by atoms with Gasteiger partial charge in [-0.15, -0.1) is 0 Å². The van der Waals surface area contributed by atoms with Crippen molar-refractivity contribution in [2.45, 2.75) is 19.4 Å². The van der Waals surface area contributed by atoms with Gasteiger partial charge in [0.1, 0.15) is 11.5 Å². The molecule has 0 bridgehead atoms. The molecule has 2 N–H and O–H groups in total. The minimum Gasteiger partial charge on any atom is -0.456 e. The molecule has 0 aromatic heterocycles. The molecule has 21 heavy (non-hydrogen) atoms. The van der Waals surface area contributed by atoms with Crippen molar-refractivity contribution in [2.24, 2.45) is 5.73 Å². The molecule has 0 aliphatic carbocycles. The van der Waals surface area contributed by atoms with E-state index in [1.807, 2.05) is 19.1 Å². The highest BCUT2D eigenvalue weighted by Crippen LogP contribution is 2.33. The Morgan fingerprint density at radius 3 is 2.52 bits per heavy atom. The van der Waals surface area contributed by atoms with Crippen LogP contribution in [0.3, 0.4) is 0 Å². The highest BCUT2D eigenvalue weighted by Gasteiger charge is 2.11. The van der Waals surface area contributed by atoms with E-state index in [2.05, 4.69) is 15.9 Å². The zero-order valence-electron chi connectivity index (χ0n) is 11.5. The Labute approximate surface area is 131 Å². The fourth-order valence-electron chi connectivity index (χ4n) is 1.83. The van der Waals surface area contributed by atoms with Gasteiger partial charge in [0.2, 0.25) is 0 Å². The first-order chi connectivity index (χ1) is 10.0. The zero-order chi connectivity index (χ0) is 15.4. The number of rotatable bonds is 5. The Morgan fingerprint density at radius 2 is 1.95 bits per heavy atom. The van der Waals surface area contributed by atoms with Gasteiger partial charge < -0.3 is 10.5 Å². The Balaban J connectivity index is 2.22. The van der Waals surface area contributed by atoms with Gasteiger partial charge in [-0.3, -0.25) is 10.1 Å². The number of nitrogens with zero attached hydrogens (tertiary/aromatic N) is 1. The zero-order valence-corrected chi connectivity index (χ0v) is 13.0. The second-order valence-corrected chi connectivity index (χ2v) is 5.41. The molecule has 0 saturated heterocycles. The summed E-state index contributed by atoms with van der Waals surface area (Å²) in [5.74, 6) is 1.000. The van der Waals surface area contributed by atoms with Crippen LogP contribution in [0.15, 0.2) is 46.9 Å². The quantitative estimate of drug-likeness (QED) is 0.633.